The van der Waals surface area contributed by atoms with Gasteiger partial charge in [0.15, 0.2) is 0 Å². The molecule has 0 unspecified atom stereocenters. The Hall–Kier alpha value is -3.46. The van der Waals surface area contributed by atoms with Crippen molar-refractivity contribution < 1.29 is 14.3 Å². The molecule has 0 aliphatic heterocycles. The molecule has 0 saturated carbocycles. The standard InChI is InChI=1S/C19H19N3O3/c1-13-8-9-18(25-3)16(10-13)21-12-14(11-20)19(23)22-15-6-4-5-7-17(15)24-2/h4-10,12,21H,1-3H3,(H,22,23)/b14-12-. The molecule has 0 atom stereocenters. The van der Waals surface area contributed by atoms with Gasteiger partial charge in [0.1, 0.15) is 23.1 Å². The van der Waals surface area contributed by atoms with E-state index in [0.29, 0.717) is 22.9 Å². The molecule has 0 aliphatic rings. The molecule has 2 aromatic rings. The zero-order valence-corrected chi connectivity index (χ0v) is 14.3. The van der Waals surface area contributed by atoms with Gasteiger partial charge in [-0.3, -0.25) is 4.79 Å². The van der Waals surface area contributed by atoms with Crippen LogP contribution in [0, 0.1) is 18.3 Å². The highest BCUT2D eigenvalue weighted by Gasteiger charge is 2.12. The van der Waals surface area contributed by atoms with Crippen LogP contribution >= 0.6 is 0 Å². The van der Waals surface area contributed by atoms with Crippen LogP contribution in [0.4, 0.5) is 11.4 Å². The number of hydrogen-bond acceptors (Lipinski definition) is 5. The quantitative estimate of drug-likeness (QED) is 0.623. The molecule has 0 bridgehead atoms. The number of nitrogens with one attached hydrogen (secondary N) is 2. The minimum absolute atomic E-state index is 0.0746. The summed E-state index contributed by atoms with van der Waals surface area (Å²) < 4.78 is 10.4. The number of rotatable bonds is 6. The van der Waals surface area contributed by atoms with Crippen LogP contribution in [-0.2, 0) is 4.79 Å². The van der Waals surface area contributed by atoms with Crippen LogP contribution in [0.1, 0.15) is 5.56 Å². The molecule has 2 rings (SSSR count). The zero-order chi connectivity index (χ0) is 18.2. The van der Waals surface area contributed by atoms with E-state index in [1.165, 1.54) is 13.3 Å². The second kappa shape index (κ2) is 8.41. The van der Waals surface area contributed by atoms with E-state index in [4.69, 9.17) is 9.47 Å². The lowest BCUT2D eigenvalue weighted by Gasteiger charge is -2.11. The highest BCUT2D eigenvalue weighted by atomic mass is 16.5. The third-order valence-electron chi connectivity index (χ3n) is 3.45. The smallest absolute Gasteiger partial charge is 0.267 e. The van der Waals surface area contributed by atoms with Gasteiger partial charge in [-0.25, -0.2) is 0 Å². The maximum atomic E-state index is 12.3. The van der Waals surface area contributed by atoms with E-state index >= 15 is 0 Å². The van der Waals surface area contributed by atoms with Crippen molar-refractivity contribution in [2.24, 2.45) is 0 Å². The summed E-state index contributed by atoms with van der Waals surface area (Å²) in [4.78, 5) is 12.3. The average Bonchev–Trinajstić information content (AvgIpc) is 2.63. The van der Waals surface area contributed by atoms with Crippen molar-refractivity contribution in [1.29, 1.82) is 5.26 Å². The number of amides is 1. The van der Waals surface area contributed by atoms with Gasteiger partial charge in [0.2, 0.25) is 0 Å². The van der Waals surface area contributed by atoms with Crippen LogP contribution in [0.3, 0.4) is 0 Å². The number of carbonyl (C=O) groups is 1. The van der Waals surface area contributed by atoms with Crippen molar-refractivity contribution >= 4 is 17.3 Å². The Morgan fingerprint density at radius 1 is 1.08 bits per heavy atom. The van der Waals surface area contributed by atoms with Gasteiger partial charge in [0.25, 0.3) is 5.91 Å². The molecular weight excluding hydrogens is 318 g/mol. The predicted molar refractivity (Wildman–Crippen MR) is 96.7 cm³/mol. The zero-order valence-electron chi connectivity index (χ0n) is 14.3. The lowest BCUT2D eigenvalue weighted by molar-refractivity contribution is -0.112. The molecule has 1 amide bonds. The van der Waals surface area contributed by atoms with Gasteiger partial charge in [0, 0.05) is 6.20 Å². The third kappa shape index (κ3) is 4.52. The van der Waals surface area contributed by atoms with Crippen LogP contribution in [0.5, 0.6) is 11.5 Å². The van der Waals surface area contributed by atoms with Crippen molar-refractivity contribution in [3.05, 3.63) is 59.8 Å². The number of hydrogen-bond donors (Lipinski definition) is 2. The molecule has 6 nitrogen and oxygen atoms in total. The number of carbonyl (C=O) groups excluding carboxylic acids is 1. The van der Waals surface area contributed by atoms with Crippen molar-refractivity contribution in [3.63, 3.8) is 0 Å². The second-order valence-electron chi connectivity index (χ2n) is 5.17. The molecule has 2 aromatic carbocycles. The molecule has 0 fully saturated rings. The van der Waals surface area contributed by atoms with Gasteiger partial charge in [-0.05, 0) is 36.8 Å². The summed E-state index contributed by atoms with van der Waals surface area (Å²) in [6.45, 7) is 1.94. The Bertz CT molecular complexity index is 838. The van der Waals surface area contributed by atoms with Crippen LogP contribution in [0.2, 0.25) is 0 Å². The normalized spacial score (nSPS) is 10.6. The fourth-order valence-corrected chi connectivity index (χ4v) is 2.17. The van der Waals surface area contributed by atoms with E-state index in [1.807, 2.05) is 31.2 Å². The number of ether oxygens (including phenoxy) is 2. The van der Waals surface area contributed by atoms with Gasteiger partial charge >= 0.3 is 0 Å². The molecular formula is C19H19N3O3. The fourth-order valence-electron chi connectivity index (χ4n) is 2.17. The van der Waals surface area contributed by atoms with Crippen molar-refractivity contribution in [2.75, 3.05) is 24.9 Å². The number of aryl methyl sites for hydroxylation is 1. The van der Waals surface area contributed by atoms with Gasteiger partial charge < -0.3 is 20.1 Å². The topological polar surface area (TPSA) is 83.4 Å². The Kier molecular flexibility index (Phi) is 6.02. The molecule has 0 spiro atoms. The first-order valence-electron chi connectivity index (χ1n) is 7.55. The van der Waals surface area contributed by atoms with E-state index in [1.54, 1.807) is 31.4 Å². The summed E-state index contributed by atoms with van der Waals surface area (Å²) in [6, 6.07) is 14.5. The summed E-state index contributed by atoms with van der Waals surface area (Å²) in [5, 5.41) is 14.9. The van der Waals surface area contributed by atoms with Crippen LogP contribution in [0.25, 0.3) is 0 Å². The molecule has 128 valence electrons. The highest BCUT2D eigenvalue weighted by Crippen LogP contribution is 2.26. The first kappa shape index (κ1) is 17.9. The van der Waals surface area contributed by atoms with E-state index in [2.05, 4.69) is 10.6 Å². The summed E-state index contributed by atoms with van der Waals surface area (Å²) in [5.41, 5.74) is 2.10. The SMILES string of the molecule is COc1ccc(C)cc1N/C=C(/C#N)C(=O)Nc1ccccc1OC. The van der Waals surface area contributed by atoms with Crippen molar-refractivity contribution in [3.8, 4) is 17.6 Å². The van der Waals surface area contributed by atoms with Gasteiger partial charge in [-0.1, -0.05) is 18.2 Å². The minimum atomic E-state index is -0.536. The number of para-hydroxylation sites is 2. The molecule has 0 saturated heterocycles. The number of anilines is 2. The summed E-state index contributed by atoms with van der Waals surface area (Å²) in [5.74, 6) is 0.594. The maximum absolute atomic E-state index is 12.3. The third-order valence-corrected chi connectivity index (χ3v) is 3.45. The fraction of sp³-hybridized carbons (Fsp3) is 0.158. The summed E-state index contributed by atoms with van der Waals surface area (Å²) in [7, 11) is 3.07. The van der Waals surface area contributed by atoms with Crippen molar-refractivity contribution in [1.82, 2.24) is 0 Å². The number of nitrogens with zero attached hydrogens (tertiary/aromatic N) is 1. The lowest BCUT2D eigenvalue weighted by Crippen LogP contribution is -2.15. The van der Waals surface area contributed by atoms with E-state index in [-0.39, 0.29) is 5.57 Å². The first-order chi connectivity index (χ1) is 12.1. The van der Waals surface area contributed by atoms with Gasteiger partial charge in [0.05, 0.1) is 25.6 Å². The summed E-state index contributed by atoms with van der Waals surface area (Å²) >= 11 is 0. The molecule has 0 aromatic heterocycles. The Balaban J connectivity index is 2.19. The second-order valence-corrected chi connectivity index (χ2v) is 5.17. The van der Waals surface area contributed by atoms with E-state index in [0.717, 1.165) is 5.56 Å². The molecule has 0 heterocycles. The predicted octanol–water partition coefficient (Wildman–Crippen LogP) is 3.47. The molecule has 2 N–H and O–H groups in total. The van der Waals surface area contributed by atoms with Gasteiger partial charge in [-0.15, -0.1) is 0 Å². The van der Waals surface area contributed by atoms with Crippen LogP contribution in [0.15, 0.2) is 54.2 Å². The number of methoxy groups -OCH3 is 2. The van der Waals surface area contributed by atoms with Gasteiger partial charge in [-0.2, -0.15) is 5.26 Å². The van der Waals surface area contributed by atoms with Crippen molar-refractivity contribution in [2.45, 2.75) is 6.92 Å². The van der Waals surface area contributed by atoms with Crippen LogP contribution in [-0.4, -0.2) is 20.1 Å². The van der Waals surface area contributed by atoms with E-state index in [9.17, 15) is 10.1 Å². The molecule has 25 heavy (non-hydrogen) atoms. The number of nitriles is 1. The Labute approximate surface area is 146 Å². The Morgan fingerprint density at radius 2 is 1.76 bits per heavy atom. The maximum Gasteiger partial charge on any atom is 0.267 e. The summed E-state index contributed by atoms with van der Waals surface area (Å²) in [6.07, 6.45) is 1.35. The number of benzene rings is 2. The lowest BCUT2D eigenvalue weighted by atomic mass is 10.2. The minimum Gasteiger partial charge on any atom is -0.495 e. The Morgan fingerprint density at radius 3 is 2.44 bits per heavy atom. The molecule has 6 heteroatoms. The highest BCUT2D eigenvalue weighted by molar-refractivity contribution is 6.07. The molecule has 0 radical (unpaired) electrons. The monoisotopic (exact) mass is 337 g/mol. The largest absolute Gasteiger partial charge is 0.495 e. The van der Waals surface area contributed by atoms with Crippen LogP contribution < -0.4 is 20.1 Å². The molecule has 0 aliphatic carbocycles. The van der Waals surface area contributed by atoms with E-state index < -0.39 is 5.91 Å². The first-order valence-corrected chi connectivity index (χ1v) is 7.55. The average molecular weight is 337 g/mol.